The lowest BCUT2D eigenvalue weighted by atomic mass is 10.0. The average Bonchev–Trinajstić information content (AvgIpc) is 3.10. The Morgan fingerprint density at radius 3 is 2.23 bits per heavy atom. The monoisotopic (exact) mass is 397 g/mol. The van der Waals surface area contributed by atoms with Gasteiger partial charge in [0.2, 0.25) is 5.78 Å². The molecule has 4 heteroatoms. The van der Waals surface area contributed by atoms with Crippen LogP contribution in [0.25, 0.3) is 22.0 Å². The molecule has 0 radical (unpaired) electrons. The standard InChI is InChI=1S/C26H23NO3/c1-17-25(22-10-6-7-11-23(22)27-17)26(29)18(2)30-24(28)16-19-12-14-21(15-13-19)20-8-4-3-5-9-20/h3-15,18,27H,16H2,1-2H3/t18-/m1/s1. The van der Waals surface area contributed by atoms with Gasteiger partial charge in [0.15, 0.2) is 6.10 Å². The zero-order valence-electron chi connectivity index (χ0n) is 17.0. The summed E-state index contributed by atoms with van der Waals surface area (Å²) < 4.78 is 5.46. The van der Waals surface area contributed by atoms with Crippen LogP contribution in [0.2, 0.25) is 0 Å². The fraction of sp³-hybridized carbons (Fsp3) is 0.154. The van der Waals surface area contributed by atoms with E-state index in [9.17, 15) is 9.59 Å². The van der Waals surface area contributed by atoms with Crippen LogP contribution in [0.3, 0.4) is 0 Å². The van der Waals surface area contributed by atoms with Crippen LogP contribution in [0.1, 0.15) is 28.5 Å². The van der Waals surface area contributed by atoms with E-state index < -0.39 is 12.1 Å². The van der Waals surface area contributed by atoms with E-state index in [1.165, 1.54) is 0 Å². The van der Waals surface area contributed by atoms with Crippen molar-refractivity contribution in [3.63, 3.8) is 0 Å². The highest BCUT2D eigenvalue weighted by atomic mass is 16.5. The van der Waals surface area contributed by atoms with Crippen molar-refractivity contribution in [3.8, 4) is 11.1 Å². The zero-order valence-corrected chi connectivity index (χ0v) is 17.0. The predicted molar refractivity (Wildman–Crippen MR) is 119 cm³/mol. The molecule has 0 fully saturated rings. The van der Waals surface area contributed by atoms with Gasteiger partial charge in [-0.05, 0) is 36.6 Å². The fourth-order valence-electron chi connectivity index (χ4n) is 3.70. The van der Waals surface area contributed by atoms with Crippen LogP contribution in [0, 0.1) is 6.92 Å². The molecule has 0 saturated heterocycles. The molecule has 4 nitrogen and oxygen atoms in total. The summed E-state index contributed by atoms with van der Waals surface area (Å²) in [6.07, 6.45) is -0.724. The van der Waals surface area contributed by atoms with Crippen LogP contribution in [0.5, 0.6) is 0 Å². The Morgan fingerprint density at radius 2 is 1.50 bits per heavy atom. The number of aryl methyl sites for hydroxylation is 1. The van der Waals surface area contributed by atoms with E-state index in [2.05, 4.69) is 4.98 Å². The van der Waals surface area contributed by atoms with Gasteiger partial charge in [0.05, 0.1) is 6.42 Å². The second-order valence-electron chi connectivity index (χ2n) is 7.41. The number of hydrogen-bond acceptors (Lipinski definition) is 3. The number of hydrogen-bond donors (Lipinski definition) is 1. The number of carbonyl (C=O) groups is 2. The van der Waals surface area contributed by atoms with Gasteiger partial charge < -0.3 is 9.72 Å². The number of esters is 1. The SMILES string of the molecule is Cc1[nH]c2ccccc2c1C(=O)[C@@H](C)OC(=O)Cc1ccc(-c2ccccc2)cc1. The molecule has 30 heavy (non-hydrogen) atoms. The molecule has 0 amide bonds. The third-order valence-electron chi connectivity index (χ3n) is 5.23. The molecular formula is C26H23NO3. The minimum Gasteiger partial charge on any atom is -0.454 e. The minimum atomic E-state index is -0.848. The van der Waals surface area contributed by atoms with E-state index in [0.29, 0.717) is 5.56 Å². The molecule has 150 valence electrons. The van der Waals surface area contributed by atoms with Crippen LogP contribution in [0.4, 0.5) is 0 Å². The Labute approximate surface area is 175 Å². The molecular weight excluding hydrogens is 374 g/mol. The van der Waals surface area contributed by atoms with Gasteiger partial charge in [-0.3, -0.25) is 9.59 Å². The minimum absolute atomic E-state index is 0.125. The summed E-state index contributed by atoms with van der Waals surface area (Å²) in [5.74, 6) is -0.612. The van der Waals surface area contributed by atoms with Crippen LogP contribution in [0.15, 0.2) is 78.9 Å². The molecule has 0 unspecified atom stereocenters. The van der Waals surface area contributed by atoms with Gasteiger partial charge in [0.1, 0.15) is 0 Å². The topological polar surface area (TPSA) is 59.2 Å². The van der Waals surface area contributed by atoms with E-state index in [1.54, 1.807) is 6.92 Å². The number of ketones is 1. The summed E-state index contributed by atoms with van der Waals surface area (Å²) in [6.45, 7) is 3.48. The second-order valence-corrected chi connectivity index (χ2v) is 7.41. The molecule has 0 aliphatic heterocycles. The maximum Gasteiger partial charge on any atom is 0.310 e. The molecule has 0 saturated carbocycles. The van der Waals surface area contributed by atoms with Gasteiger partial charge in [0.25, 0.3) is 0 Å². The number of rotatable bonds is 6. The number of fused-ring (bicyclic) bond motifs is 1. The Hall–Kier alpha value is -3.66. The molecule has 0 aliphatic rings. The van der Waals surface area contributed by atoms with Crippen molar-refractivity contribution in [2.24, 2.45) is 0 Å². The van der Waals surface area contributed by atoms with Crippen LogP contribution < -0.4 is 0 Å². The number of Topliss-reactive ketones (excluding diaryl/α,β-unsaturated/α-hetero) is 1. The lowest BCUT2D eigenvalue weighted by Gasteiger charge is -2.13. The lowest BCUT2D eigenvalue weighted by Crippen LogP contribution is -2.25. The molecule has 0 bridgehead atoms. The summed E-state index contributed by atoms with van der Waals surface area (Å²) >= 11 is 0. The van der Waals surface area contributed by atoms with Gasteiger partial charge in [-0.1, -0.05) is 72.8 Å². The zero-order chi connectivity index (χ0) is 21.1. The summed E-state index contributed by atoms with van der Waals surface area (Å²) in [5, 5.41) is 0.847. The van der Waals surface area contributed by atoms with E-state index in [4.69, 9.17) is 4.74 Å². The van der Waals surface area contributed by atoms with Crippen LogP contribution in [-0.4, -0.2) is 22.8 Å². The Morgan fingerprint density at radius 1 is 0.867 bits per heavy atom. The first kappa shape index (κ1) is 19.6. The molecule has 1 atom stereocenters. The van der Waals surface area contributed by atoms with Crippen molar-refractivity contribution in [2.75, 3.05) is 0 Å². The smallest absolute Gasteiger partial charge is 0.310 e. The molecule has 4 rings (SSSR count). The van der Waals surface area contributed by atoms with Crippen LogP contribution in [-0.2, 0) is 16.0 Å². The number of para-hydroxylation sites is 1. The quantitative estimate of drug-likeness (QED) is 0.345. The lowest BCUT2D eigenvalue weighted by molar-refractivity contribution is -0.145. The first-order valence-corrected chi connectivity index (χ1v) is 9.98. The van der Waals surface area contributed by atoms with Gasteiger partial charge in [-0.15, -0.1) is 0 Å². The average molecular weight is 397 g/mol. The maximum absolute atomic E-state index is 12.9. The van der Waals surface area contributed by atoms with Gasteiger partial charge in [-0.2, -0.15) is 0 Å². The largest absolute Gasteiger partial charge is 0.454 e. The van der Waals surface area contributed by atoms with Gasteiger partial charge in [-0.25, -0.2) is 0 Å². The highest BCUT2D eigenvalue weighted by molar-refractivity contribution is 6.11. The van der Waals surface area contributed by atoms with Crippen molar-refractivity contribution >= 4 is 22.7 Å². The number of nitrogens with one attached hydrogen (secondary N) is 1. The number of aromatic nitrogens is 1. The molecule has 1 heterocycles. The van der Waals surface area contributed by atoms with Crippen molar-refractivity contribution in [1.82, 2.24) is 4.98 Å². The number of aromatic amines is 1. The van der Waals surface area contributed by atoms with Crippen molar-refractivity contribution < 1.29 is 14.3 Å². The molecule has 0 aliphatic carbocycles. The van der Waals surface area contributed by atoms with Gasteiger partial charge >= 0.3 is 5.97 Å². The van der Waals surface area contributed by atoms with Crippen molar-refractivity contribution in [2.45, 2.75) is 26.4 Å². The fourth-order valence-corrected chi connectivity index (χ4v) is 3.70. The summed E-state index contributed by atoms with van der Waals surface area (Å²) in [4.78, 5) is 28.6. The third kappa shape index (κ3) is 4.03. The van der Waals surface area contributed by atoms with Crippen LogP contribution >= 0.6 is 0 Å². The Balaban J connectivity index is 1.42. The van der Waals surface area contributed by atoms with E-state index >= 15 is 0 Å². The van der Waals surface area contributed by atoms with E-state index in [-0.39, 0.29) is 12.2 Å². The van der Waals surface area contributed by atoms with Crippen molar-refractivity contribution in [3.05, 3.63) is 95.7 Å². The summed E-state index contributed by atoms with van der Waals surface area (Å²) in [5.41, 5.74) is 5.32. The van der Waals surface area contributed by atoms with Crippen molar-refractivity contribution in [1.29, 1.82) is 0 Å². The molecule has 1 N–H and O–H groups in total. The second kappa shape index (κ2) is 8.37. The highest BCUT2D eigenvalue weighted by Crippen LogP contribution is 2.24. The van der Waals surface area contributed by atoms with E-state index in [0.717, 1.165) is 33.3 Å². The normalized spacial score (nSPS) is 11.9. The third-order valence-corrected chi connectivity index (χ3v) is 5.23. The molecule has 4 aromatic rings. The first-order chi connectivity index (χ1) is 14.5. The summed E-state index contributed by atoms with van der Waals surface area (Å²) in [7, 11) is 0. The predicted octanol–water partition coefficient (Wildman–Crippen LogP) is 5.50. The van der Waals surface area contributed by atoms with Gasteiger partial charge in [0, 0.05) is 22.2 Å². The first-order valence-electron chi connectivity index (χ1n) is 9.98. The Bertz CT molecular complexity index is 1190. The Kier molecular flexibility index (Phi) is 5.48. The maximum atomic E-state index is 12.9. The molecule has 0 spiro atoms. The number of ether oxygens (including phenoxy) is 1. The number of carbonyl (C=O) groups excluding carboxylic acids is 2. The number of H-pyrrole nitrogens is 1. The number of benzene rings is 3. The molecule has 3 aromatic carbocycles. The highest BCUT2D eigenvalue weighted by Gasteiger charge is 2.24. The van der Waals surface area contributed by atoms with E-state index in [1.807, 2.05) is 85.8 Å². The summed E-state index contributed by atoms with van der Waals surface area (Å²) in [6, 6.07) is 25.5. The molecule has 1 aromatic heterocycles.